The Balaban J connectivity index is 1.28. The quantitative estimate of drug-likeness (QED) is 0.204. The number of para-hydroxylation sites is 4. The Bertz CT molecular complexity index is 2270. The van der Waals surface area contributed by atoms with Gasteiger partial charge in [0.1, 0.15) is 11.3 Å². The maximum absolute atomic E-state index is 6.93. The highest BCUT2D eigenvalue weighted by Crippen LogP contribution is 2.51. The Morgan fingerprint density at radius 1 is 0.419 bits per heavy atom. The van der Waals surface area contributed by atoms with Crippen molar-refractivity contribution in [3.63, 3.8) is 0 Å². The Labute approximate surface area is 248 Å². The molecule has 0 amide bonds. The second-order valence-corrected chi connectivity index (χ2v) is 10.9. The van der Waals surface area contributed by atoms with Crippen LogP contribution in [-0.4, -0.2) is 0 Å². The van der Waals surface area contributed by atoms with Gasteiger partial charge in [0.2, 0.25) is 0 Å². The first-order valence-electron chi connectivity index (χ1n) is 14.5. The predicted molar refractivity (Wildman–Crippen MR) is 177 cm³/mol. The fourth-order valence-corrected chi connectivity index (χ4v) is 6.56. The third kappa shape index (κ3) is 3.62. The van der Waals surface area contributed by atoms with Crippen LogP contribution in [0, 0.1) is 0 Å². The summed E-state index contributed by atoms with van der Waals surface area (Å²) in [5.41, 5.74) is 7.29. The van der Waals surface area contributed by atoms with Crippen molar-refractivity contribution in [1.29, 1.82) is 0 Å². The normalized spacial score (nSPS) is 12.3. The van der Waals surface area contributed by atoms with Crippen LogP contribution in [0.3, 0.4) is 0 Å². The molecular weight excluding hydrogens is 526 g/mol. The maximum Gasteiger partial charge on any atom is 0.151 e. The minimum atomic E-state index is 0.840. The van der Waals surface area contributed by atoms with Gasteiger partial charge in [0.25, 0.3) is 0 Å². The second-order valence-electron chi connectivity index (χ2n) is 10.9. The summed E-state index contributed by atoms with van der Waals surface area (Å²) in [6.07, 6.45) is 0. The summed E-state index contributed by atoms with van der Waals surface area (Å²) in [5.74, 6) is 2.55. The van der Waals surface area contributed by atoms with Crippen LogP contribution in [0.4, 0.5) is 17.1 Å². The molecule has 9 rings (SSSR count). The van der Waals surface area contributed by atoms with Crippen LogP contribution < -0.4 is 9.64 Å². The van der Waals surface area contributed by atoms with E-state index in [4.69, 9.17) is 9.15 Å². The van der Waals surface area contributed by atoms with E-state index < -0.39 is 0 Å². The van der Waals surface area contributed by atoms with Crippen LogP contribution in [-0.2, 0) is 0 Å². The lowest BCUT2D eigenvalue weighted by Crippen LogP contribution is -2.15. The Morgan fingerprint density at radius 2 is 0.953 bits per heavy atom. The third-order valence-corrected chi connectivity index (χ3v) is 8.45. The number of hydrogen-bond acceptors (Lipinski definition) is 3. The molecule has 0 unspecified atom stereocenters. The van der Waals surface area contributed by atoms with Crippen molar-refractivity contribution in [3.05, 3.63) is 152 Å². The molecule has 0 saturated carbocycles. The van der Waals surface area contributed by atoms with Crippen LogP contribution in [0.1, 0.15) is 0 Å². The summed E-state index contributed by atoms with van der Waals surface area (Å²) < 4.78 is 13.2. The van der Waals surface area contributed by atoms with E-state index in [0.717, 1.165) is 67.4 Å². The van der Waals surface area contributed by atoms with Crippen LogP contribution in [0.2, 0.25) is 0 Å². The highest BCUT2D eigenvalue weighted by Gasteiger charge is 2.26. The van der Waals surface area contributed by atoms with Crippen molar-refractivity contribution < 1.29 is 9.15 Å². The number of nitrogens with zero attached hydrogens (tertiary/aromatic N) is 1. The fourth-order valence-electron chi connectivity index (χ4n) is 6.56. The highest BCUT2D eigenvalue weighted by molar-refractivity contribution is 6.28. The molecule has 0 radical (unpaired) electrons. The highest BCUT2D eigenvalue weighted by atomic mass is 16.5. The molecule has 8 aromatic rings. The van der Waals surface area contributed by atoms with E-state index in [0.29, 0.717) is 0 Å². The van der Waals surface area contributed by atoms with E-state index in [1.807, 2.05) is 36.4 Å². The van der Waals surface area contributed by atoms with E-state index >= 15 is 0 Å². The molecule has 0 saturated heterocycles. The van der Waals surface area contributed by atoms with Gasteiger partial charge in [0, 0.05) is 27.6 Å². The summed E-state index contributed by atoms with van der Waals surface area (Å²) in [4.78, 5) is 2.26. The summed E-state index contributed by atoms with van der Waals surface area (Å²) in [6, 6.07) is 52.8. The van der Waals surface area contributed by atoms with Gasteiger partial charge in [-0.25, -0.2) is 0 Å². The molecule has 0 aliphatic carbocycles. The molecule has 1 aliphatic rings. The van der Waals surface area contributed by atoms with Crippen molar-refractivity contribution in [1.82, 2.24) is 0 Å². The van der Waals surface area contributed by atoms with Gasteiger partial charge in [-0.3, -0.25) is 0 Å². The van der Waals surface area contributed by atoms with Crippen molar-refractivity contribution in [2.75, 3.05) is 4.90 Å². The predicted octanol–water partition coefficient (Wildman–Crippen LogP) is 11.6. The van der Waals surface area contributed by atoms with Gasteiger partial charge in [-0.1, -0.05) is 103 Å². The van der Waals surface area contributed by atoms with Gasteiger partial charge in [0.15, 0.2) is 11.5 Å². The Kier molecular flexibility index (Phi) is 5.20. The first kappa shape index (κ1) is 23.9. The number of ether oxygens (including phenoxy) is 1. The smallest absolute Gasteiger partial charge is 0.151 e. The van der Waals surface area contributed by atoms with Crippen molar-refractivity contribution in [2.45, 2.75) is 0 Å². The van der Waals surface area contributed by atoms with E-state index in [2.05, 4.69) is 120 Å². The van der Waals surface area contributed by atoms with E-state index in [-0.39, 0.29) is 0 Å². The SMILES string of the molecule is c1ccc(-c2c(-c3ccc(N4c5ccccc5Oc5ccccc54)cc3)oc3c4ccccc4c4ccccc4c23)cc1. The van der Waals surface area contributed by atoms with Crippen LogP contribution >= 0.6 is 0 Å². The molecule has 0 bridgehead atoms. The number of benzene rings is 7. The molecule has 0 fully saturated rings. The van der Waals surface area contributed by atoms with Gasteiger partial charge in [-0.05, 0) is 70.3 Å². The van der Waals surface area contributed by atoms with Crippen molar-refractivity contribution in [3.8, 4) is 33.9 Å². The molecule has 7 aromatic carbocycles. The van der Waals surface area contributed by atoms with Gasteiger partial charge >= 0.3 is 0 Å². The molecule has 202 valence electrons. The summed E-state index contributed by atoms with van der Waals surface area (Å²) in [5, 5.41) is 5.90. The second kappa shape index (κ2) is 9.37. The maximum atomic E-state index is 6.93. The standard InChI is InChI=1S/C40H25NO2/c1-2-12-26(13-3-1)37-38-31-16-6-4-14-29(31)30-15-5-7-17-32(30)40(38)43-39(37)27-22-24-28(25-23-27)41-33-18-8-10-20-35(33)42-36-21-11-9-19-34(36)41/h1-25H. The molecule has 43 heavy (non-hydrogen) atoms. The number of rotatable bonds is 3. The van der Waals surface area contributed by atoms with E-state index in [1.54, 1.807) is 0 Å². The largest absolute Gasteiger partial charge is 0.455 e. The zero-order valence-electron chi connectivity index (χ0n) is 23.2. The number of fused-ring (bicyclic) bond motifs is 8. The number of furan rings is 1. The molecule has 3 heteroatoms. The zero-order chi connectivity index (χ0) is 28.3. The Hall–Kier alpha value is -5.80. The lowest BCUT2D eigenvalue weighted by molar-refractivity contribution is 0.477. The molecule has 2 heterocycles. The molecule has 0 spiro atoms. The monoisotopic (exact) mass is 551 g/mol. The van der Waals surface area contributed by atoms with E-state index in [9.17, 15) is 0 Å². The average Bonchev–Trinajstić information content (AvgIpc) is 3.49. The lowest BCUT2D eigenvalue weighted by atomic mass is 9.92. The molecule has 0 atom stereocenters. The zero-order valence-corrected chi connectivity index (χ0v) is 23.2. The lowest BCUT2D eigenvalue weighted by Gasteiger charge is -2.32. The van der Waals surface area contributed by atoms with Gasteiger partial charge in [-0.15, -0.1) is 0 Å². The van der Waals surface area contributed by atoms with Crippen LogP contribution in [0.25, 0.3) is 55.0 Å². The van der Waals surface area contributed by atoms with Gasteiger partial charge in [-0.2, -0.15) is 0 Å². The minimum absolute atomic E-state index is 0.840. The number of anilines is 3. The Morgan fingerprint density at radius 3 is 1.63 bits per heavy atom. The fraction of sp³-hybridized carbons (Fsp3) is 0. The number of hydrogen-bond donors (Lipinski definition) is 0. The van der Waals surface area contributed by atoms with Crippen molar-refractivity contribution in [2.24, 2.45) is 0 Å². The molecule has 1 aliphatic heterocycles. The first-order chi connectivity index (χ1) is 21.3. The first-order valence-corrected chi connectivity index (χ1v) is 14.5. The van der Waals surface area contributed by atoms with Crippen LogP contribution in [0.15, 0.2) is 156 Å². The van der Waals surface area contributed by atoms with Gasteiger partial charge in [0.05, 0.1) is 11.4 Å². The summed E-state index contributed by atoms with van der Waals surface area (Å²) >= 11 is 0. The molecule has 3 nitrogen and oxygen atoms in total. The minimum Gasteiger partial charge on any atom is -0.455 e. The molecular formula is C40H25NO2. The topological polar surface area (TPSA) is 25.6 Å². The molecule has 1 aromatic heterocycles. The van der Waals surface area contributed by atoms with E-state index in [1.165, 1.54) is 16.2 Å². The summed E-state index contributed by atoms with van der Waals surface area (Å²) in [6.45, 7) is 0. The van der Waals surface area contributed by atoms with Crippen LogP contribution in [0.5, 0.6) is 11.5 Å². The third-order valence-electron chi connectivity index (χ3n) is 8.45. The summed E-state index contributed by atoms with van der Waals surface area (Å²) in [7, 11) is 0. The van der Waals surface area contributed by atoms with Crippen molar-refractivity contribution >= 4 is 49.6 Å². The average molecular weight is 552 g/mol. The molecule has 0 N–H and O–H groups in total. The van der Waals surface area contributed by atoms with Gasteiger partial charge < -0.3 is 14.1 Å².